The molecular formula is C26H30N2O7. The number of nitrogens with zero attached hydrogens (tertiary/aromatic N) is 1. The van der Waals surface area contributed by atoms with E-state index in [2.05, 4.69) is 5.32 Å². The molecule has 186 valence electrons. The first-order chi connectivity index (χ1) is 16.9. The van der Waals surface area contributed by atoms with Crippen molar-refractivity contribution in [3.63, 3.8) is 0 Å². The standard InChI is InChI=1S/C26H30N2O7/c29-14-16-13-28(12-11-23(16)30)25(33)22(9-10-24(31)32)27-26(34)35-15-21-19-7-3-1-5-17(19)18-6-2-4-8-20(18)21/h1-8,16,21-23,29-30H,9-15H2,(H,27,34)(H,31,32). The Morgan fingerprint density at radius 3 is 2.29 bits per heavy atom. The van der Waals surface area contributed by atoms with Crippen molar-refractivity contribution in [2.75, 3.05) is 26.3 Å². The molecule has 0 saturated carbocycles. The zero-order valence-corrected chi connectivity index (χ0v) is 19.3. The quantitative estimate of drug-likeness (QED) is 0.451. The monoisotopic (exact) mass is 482 g/mol. The van der Waals surface area contributed by atoms with Crippen molar-refractivity contribution >= 4 is 18.0 Å². The van der Waals surface area contributed by atoms with Crippen molar-refractivity contribution in [1.82, 2.24) is 10.2 Å². The van der Waals surface area contributed by atoms with E-state index in [1.165, 1.54) is 4.90 Å². The molecule has 2 aromatic rings. The van der Waals surface area contributed by atoms with Crippen LogP contribution in [0.3, 0.4) is 0 Å². The molecule has 2 aliphatic rings. The Hall–Kier alpha value is -3.43. The van der Waals surface area contributed by atoms with Gasteiger partial charge < -0.3 is 30.3 Å². The van der Waals surface area contributed by atoms with Crippen LogP contribution in [0.4, 0.5) is 4.79 Å². The second-order valence-electron chi connectivity index (χ2n) is 9.04. The van der Waals surface area contributed by atoms with Crippen molar-refractivity contribution in [3.8, 4) is 11.1 Å². The average molecular weight is 483 g/mol. The van der Waals surface area contributed by atoms with Gasteiger partial charge in [-0.2, -0.15) is 0 Å². The summed E-state index contributed by atoms with van der Waals surface area (Å²) >= 11 is 0. The van der Waals surface area contributed by atoms with Crippen molar-refractivity contribution in [2.45, 2.75) is 37.3 Å². The second kappa shape index (κ2) is 10.9. The smallest absolute Gasteiger partial charge is 0.407 e. The van der Waals surface area contributed by atoms with Crippen LogP contribution in [0, 0.1) is 5.92 Å². The number of hydrogen-bond acceptors (Lipinski definition) is 6. The number of aliphatic hydroxyl groups is 2. The third-order valence-electron chi connectivity index (χ3n) is 6.82. The van der Waals surface area contributed by atoms with Crippen LogP contribution in [-0.2, 0) is 14.3 Å². The number of alkyl carbamates (subject to hydrolysis) is 1. The Morgan fingerprint density at radius 2 is 1.69 bits per heavy atom. The number of aliphatic carboxylic acids is 1. The fraction of sp³-hybridized carbons (Fsp3) is 0.423. The van der Waals surface area contributed by atoms with E-state index in [1.54, 1.807) is 0 Å². The first kappa shape index (κ1) is 24.7. The molecule has 0 radical (unpaired) electrons. The highest BCUT2D eigenvalue weighted by atomic mass is 16.5. The minimum Gasteiger partial charge on any atom is -0.481 e. The van der Waals surface area contributed by atoms with Gasteiger partial charge in [0.15, 0.2) is 0 Å². The number of carboxylic acid groups (broad SMARTS) is 1. The molecule has 1 aliphatic carbocycles. The summed E-state index contributed by atoms with van der Waals surface area (Å²) in [6.45, 7) is 0.186. The van der Waals surface area contributed by atoms with E-state index < -0.39 is 36.0 Å². The number of piperidine rings is 1. The summed E-state index contributed by atoms with van der Waals surface area (Å²) in [5, 5.41) is 31.1. The molecule has 0 spiro atoms. The molecule has 0 bridgehead atoms. The summed E-state index contributed by atoms with van der Waals surface area (Å²) in [5.41, 5.74) is 4.30. The maximum atomic E-state index is 13.1. The summed E-state index contributed by atoms with van der Waals surface area (Å²) in [6, 6.07) is 14.8. The minimum atomic E-state index is -1.09. The minimum absolute atomic E-state index is 0.0716. The molecule has 0 aromatic heterocycles. The number of carbonyl (C=O) groups is 3. The molecule has 2 aromatic carbocycles. The summed E-state index contributed by atoms with van der Waals surface area (Å²) in [4.78, 5) is 38.4. The van der Waals surface area contributed by atoms with Gasteiger partial charge in [0.05, 0.1) is 12.7 Å². The van der Waals surface area contributed by atoms with Gasteiger partial charge in [-0.3, -0.25) is 9.59 Å². The van der Waals surface area contributed by atoms with Crippen LogP contribution in [0.25, 0.3) is 11.1 Å². The number of aliphatic hydroxyl groups excluding tert-OH is 2. The Bertz CT molecular complexity index is 1040. The zero-order chi connectivity index (χ0) is 24.9. The van der Waals surface area contributed by atoms with Crippen LogP contribution >= 0.6 is 0 Å². The fourth-order valence-electron chi connectivity index (χ4n) is 4.93. The number of rotatable bonds is 8. The zero-order valence-electron chi connectivity index (χ0n) is 19.3. The Labute approximate surface area is 203 Å². The summed E-state index contributed by atoms with van der Waals surface area (Å²) in [5.74, 6) is -2.16. The molecule has 1 heterocycles. The third-order valence-corrected chi connectivity index (χ3v) is 6.82. The van der Waals surface area contributed by atoms with Crippen LogP contribution in [0.5, 0.6) is 0 Å². The van der Waals surface area contributed by atoms with E-state index in [4.69, 9.17) is 9.84 Å². The lowest BCUT2D eigenvalue weighted by atomic mass is 9.94. The molecule has 9 nitrogen and oxygen atoms in total. The fourth-order valence-corrected chi connectivity index (χ4v) is 4.93. The van der Waals surface area contributed by atoms with Crippen LogP contribution in [0.2, 0.25) is 0 Å². The number of nitrogens with one attached hydrogen (secondary N) is 1. The molecule has 1 fully saturated rings. The van der Waals surface area contributed by atoms with Gasteiger partial charge in [0.1, 0.15) is 12.6 Å². The molecular weight excluding hydrogens is 452 g/mol. The molecule has 3 atom stereocenters. The predicted molar refractivity (Wildman–Crippen MR) is 127 cm³/mol. The van der Waals surface area contributed by atoms with Crippen LogP contribution in [0.15, 0.2) is 48.5 Å². The first-order valence-electron chi connectivity index (χ1n) is 11.8. The van der Waals surface area contributed by atoms with Gasteiger partial charge in [-0.15, -0.1) is 0 Å². The van der Waals surface area contributed by atoms with Crippen LogP contribution in [-0.4, -0.2) is 76.6 Å². The van der Waals surface area contributed by atoms with Gasteiger partial charge in [-0.25, -0.2) is 4.79 Å². The Kier molecular flexibility index (Phi) is 7.67. The molecule has 3 unspecified atom stereocenters. The van der Waals surface area contributed by atoms with E-state index in [1.807, 2.05) is 48.5 Å². The lowest BCUT2D eigenvalue weighted by molar-refractivity contribution is -0.139. The van der Waals surface area contributed by atoms with Gasteiger partial charge in [0.2, 0.25) is 5.91 Å². The summed E-state index contributed by atoms with van der Waals surface area (Å²) in [6.07, 6.45) is -1.61. The topological polar surface area (TPSA) is 136 Å². The Balaban J connectivity index is 1.42. The van der Waals surface area contributed by atoms with Crippen LogP contribution in [0.1, 0.15) is 36.3 Å². The van der Waals surface area contributed by atoms with E-state index in [9.17, 15) is 24.6 Å². The van der Waals surface area contributed by atoms with Crippen molar-refractivity contribution in [3.05, 3.63) is 59.7 Å². The second-order valence-corrected chi connectivity index (χ2v) is 9.04. The van der Waals surface area contributed by atoms with Gasteiger partial charge in [0, 0.05) is 31.3 Å². The number of hydrogen-bond donors (Lipinski definition) is 4. The largest absolute Gasteiger partial charge is 0.481 e. The number of likely N-dealkylation sites (tertiary alicyclic amines) is 1. The van der Waals surface area contributed by atoms with Crippen LogP contribution < -0.4 is 5.32 Å². The van der Waals surface area contributed by atoms with Crippen molar-refractivity contribution < 1.29 is 34.4 Å². The molecule has 4 N–H and O–H groups in total. The van der Waals surface area contributed by atoms with E-state index in [0.29, 0.717) is 6.42 Å². The SMILES string of the molecule is O=C(O)CCC(NC(=O)OCC1c2ccccc2-c2ccccc21)C(=O)N1CCC(O)C(CO)C1. The van der Waals surface area contributed by atoms with E-state index in [0.717, 1.165) is 22.3 Å². The predicted octanol–water partition coefficient (Wildman–Crippen LogP) is 1.96. The average Bonchev–Trinajstić information content (AvgIpc) is 3.18. The van der Waals surface area contributed by atoms with Gasteiger partial charge in [-0.1, -0.05) is 48.5 Å². The molecule has 4 rings (SSSR count). The van der Waals surface area contributed by atoms with Crippen molar-refractivity contribution in [2.24, 2.45) is 5.92 Å². The van der Waals surface area contributed by atoms with E-state index >= 15 is 0 Å². The molecule has 35 heavy (non-hydrogen) atoms. The van der Waals surface area contributed by atoms with Gasteiger partial charge in [-0.05, 0) is 35.1 Å². The highest BCUT2D eigenvalue weighted by Gasteiger charge is 2.34. The summed E-state index contributed by atoms with van der Waals surface area (Å²) in [7, 11) is 0. The maximum absolute atomic E-state index is 13.1. The highest BCUT2D eigenvalue weighted by molar-refractivity contribution is 5.86. The van der Waals surface area contributed by atoms with E-state index in [-0.39, 0.29) is 45.1 Å². The number of carboxylic acids is 1. The number of benzene rings is 2. The normalized spacial score (nSPS) is 20.0. The molecule has 9 heteroatoms. The number of amides is 2. The highest BCUT2D eigenvalue weighted by Crippen LogP contribution is 2.44. The van der Waals surface area contributed by atoms with Gasteiger partial charge >= 0.3 is 12.1 Å². The molecule has 1 aliphatic heterocycles. The maximum Gasteiger partial charge on any atom is 0.407 e. The number of carbonyl (C=O) groups excluding carboxylic acids is 2. The number of ether oxygens (including phenoxy) is 1. The number of fused-ring (bicyclic) bond motifs is 3. The Morgan fingerprint density at radius 1 is 1.06 bits per heavy atom. The first-order valence-corrected chi connectivity index (χ1v) is 11.8. The van der Waals surface area contributed by atoms with Crippen molar-refractivity contribution in [1.29, 1.82) is 0 Å². The molecule has 2 amide bonds. The third kappa shape index (κ3) is 5.47. The lowest BCUT2D eigenvalue weighted by Gasteiger charge is -2.37. The summed E-state index contributed by atoms with van der Waals surface area (Å²) < 4.78 is 5.53. The van der Waals surface area contributed by atoms with Gasteiger partial charge in [0.25, 0.3) is 0 Å². The molecule has 1 saturated heterocycles. The lowest BCUT2D eigenvalue weighted by Crippen LogP contribution is -2.54.